The molecule has 0 saturated heterocycles. The Morgan fingerprint density at radius 3 is 2.43 bits per heavy atom. The van der Waals surface area contributed by atoms with Crippen LogP contribution in [0.2, 0.25) is 0 Å². The highest BCUT2D eigenvalue weighted by molar-refractivity contribution is 9.10. The molecule has 0 unspecified atom stereocenters. The predicted octanol–water partition coefficient (Wildman–Crippen LogP) is 4.47. The Labute approximate surface area is 170 Å². The number of carbonyl (C=O) groups is 2. The number of anilines is 1. The second kappa shape index (κ2) is 7.98. The SMILES string of the molecule is COC(=O)C1=C(C)N(c2ccc(F)cc2)C(=O)C1=Cc1cc(Br)ccc1OC. The summed E-state index contributed by atoms with van der Waals surface area (Å²) in [5, 5.41) is 0. The lowest BCUT2D eigenvalue weighted by Gasteiger charge is -2.17. The lowest BCUT2D eigenvalue weighted by Crippen LogP contribution is -2.24. The minimum absolute atomic E-state index is 0.152. The molecule has 0 spiro atoms. The number of ether oxygens (including phenoxy) is 2. The van der Waals surface area contributed by atoms with Crippen molar-refractivity contribution in [2.75, 3.05) is 19.1 Å². The smallest absolute Gasteiger partial charge is 0.340 e. The minimum atomic E-state index is -0.629. The number of carbonyl (C=O) groups excluding carboxylic acids is 2. The van der Waals surface area contributed by atoms with E-state index in [1.807, 2.05) is 6.07 Å². The van der Waals surface area contributed by atoms with E-state index in [0.29, 0.717) is 22.7 Å². The van der Waals surface area contributed by atoms with E-state index in [4.69, 9.17) is 9.47 Å². The topological polar surface area (TPSA) is 55.8 Å². The quantitative estimate of drug-likeness (QED) is 0.514. The first kappa shape index (κ1) is 19.8. The van der Waals surface area contributed by atoms with E-state index in [1.165, 1.54) is 43.4 Å². The Hall–Kier alpha value is -2.93. The average molecular weight is 446 g/mol. The molecule has 0 fully saturated rings. The summed E-state index contributed by atoms with van der Waals surface area (Å²) in [6, 6.07) is 10.8. The van der Waals surface area contributed by atoms with Crippen molar-refractivity contribution >= 4 is 39.6 Å². The molecule has 2 aromatic carbocycles. The summed E-state index contributed by atoms with van der Waals surface area (Å²) in [7, 11) is 2.78. The van der Waals surface area contributed by atoms with Crippen LogP contribution in [0.4, 0.5) is 10.1 Å². The van der Waals surface area contributed by atoms with Crippen LogP contribution < -0.4 is 9.64 Å². The van der Waals surface area contributed by atoms with Crippen LogP contribution in [0.15, 0.2) is 63.8 Å². The van der Waals surface area contributed by atoms with Gasteiger partial charge in [0.15, 0.2) is 0 Å². The Kier molecular flexibility index (Phi) is 5.65. The fraction of sp³-hybridized carbons (Fsp3) is 0.143. The standard InChI is InChI=1S/C21H17BrFNO4/c1-12-19(21(26)28-3)17(11-13-10-14(22)4-9-18(13)27-2)20(25)24(12)16-7-5-15(23)6-8-16/h4-11H,1-3H3. The zero-order chi connectivity index (χ0) is 20.4. The Bertz CT molecular complexity index is 1010. The van der Waals surface area contributed by atoms with Gasteiger partial charge in [0.05, 0.1) is 25.4 Å². The fourth-order valence-corrected chi connectivity index (χ4v) is 3.43. The molecule has 0 N–H and O–H groups in total. The molecule has 0 saturated carbocycles. The maximum atomic E-state index is 13.3. The molecule has 5 nitrogen and oxygen atoms in total. The molecular formula is C21H17BrFNO4. The third kappa shape index (κ3) is 3.57. The summed E-state index contributed by atoms with van der Waals surface area (Å²) in [4.78, 5) is 27.0. The van der Waals surface area contributed by atoms with E-state index in [-0.39, 0.29) is 11.1 Å². The van der Waals surface area contributed by atoms with Gasteiger partial charge in [-0.25, -0.2) is 9.18 Å². The van der Waals surface area contributed by atoms with E-state index < -0.39 is 17.7 Å². The fourth-order valence-electron chi connectivity index (χ4n) is 3.05. The van der Waals surface area contributed by atoms with Gasteiger partial charge in [-0.3, -0.25) is 9.69 Å². The number of nitrogens with zero attached hydrogens (tertiary/aromatic N) is 1. The number of rotatable bonds is 4. The van der Waals surface area contributed by atoms with Crippen LogP contribution in [-0.2, 0) is 14.3 Å². The van der Waals surface area contributed by atoms with Crippen molar-refractivity contribution in [3.63, 3.8) is 0 Å². The van der Waals surface area contributed by atoms with Crippen molar-refractivity contribution in [1.82, 2.24) is 0 Å². The molecule has 0 aromatic heterocycles. The first-order chi connectivity index (χ1) is 13.4. The molecule has 1 heterocycles. The zero-order valence-corrected chi connectivity index (χ0v) is 17.0. The molecule has 0 aliphatic carbocycles. The van der Waals surface area contributed by atoms with Gasteiger partial charge in [-0.05, 0) is 55.5 Å². The number of methoxy groups -OCH3 is 2. The van der Waals surface area contributed by atoms with E-state index >= 15 is 0 Å². The van der Waals surface area contributed by atoms with Crippen LogP contribution in [0.3, 0.4) is 0 Å². The molecule has 0 atom stereocenters. The number of esters is 1. The Balaban J connectivity index is 2.18. The molecule has 0 bridgehead atoms. The van der Waals surface area contributed by atoms with Crippen molar-refractivity contribution in [2.24, 2.45) is 0 Å². The van der Waals surface area contributed by atoms with Gasteiger partial charge < -0.3 is 9.47 Å². The summed E-state index contributed by atoms with van der Waals surface area (Å²) in [6.45, 7) is 1.65. The lowest BCUT2D eigenvalue weighted by molar-refractivity contribution is -0.136. The largest absolute Gasteiger partial charge is 0.496 e. The Morgan fingerprint density at radius 2 is 1.82 bits per heavy atom. The summed E-state index contributed by atoms with van der Waals surface area (Å²) >= 11 is 3.40. The van der Waals surface area contributed by atoms with Crippen molar-refractivity contribution in [2.45, 2.75) is 6.92 Å². The van der Waals surface area contributed by atoms with Gasteiger partial charge in [0.1, 0.15) is 11.6 Å². The maximum absolute atomic E-state index is 13.3. The van der Waals surface area contributed by atoms with Crippen LogP contribution in [0.1, 0.15) is 12.5 Å². The molecule has 7 heteroatoms. The highest BCUT2D eigenvalue weighted by Crippen LogP contribution is 2.37. The van der Waals surface area contributed by atoms with E-state index in [1.54, 1.807) is 25.1 Å². The molecule has 28 heavy (non-hydrogen) atoms. The number of benzene rings is 2. The van der Waals surface area contributed by atoms with E-state index in [0.717, 1.165) is 4.47 Å². The summed E-state index contributed by atoms with van der Waals surface area (Å²) in [5.41, 5.74) is 1.80. The molecule has 2 aromatic rings. The van der Waals surface area contributed by atoms with Crippen LogP contribution in [-0.4, -0.2) is 26.1 Å². The summed E-state index contributed by atoms with van der Waals surface area (Å²) < 4.78 is 24.3. The average Bonchev–Trinajstić information content (AvgIpc) is 2.92. The molecule has 0 radical (unpaired) electrons. The number of hydrogen-bond acceptors (Lipinski definition) is 4. The van der Waals surface area contributed by atoms with Gasteiger partial charge in [0, 0.05) is 21.4 Å². The van der Waals surface area contributed by atoms with Crippen molar-refractivity contribution in [3.05, 3.63) is 75.2 Å². The van der Waals surface area contributed by atoms with Gasteiger partial charge in [-0.2, -0.15) is 0 Å². The third-order valence-corrected chi connectivity index (χ3v) is 4.86. The van der Waals surface area contributed by atoms with Crippen molar-refractivity contribution < 1.29 is 23.5 Å². The van der Waals surface area contributed by atoms with Gasteiger partial charge in [-0.1, -0.05) is 15.9 Å². The van der Waals surface area contributed by atoms with Gasteiger partial charge >= 0.3 is 5.97 Å². The normalized spacial score (nSPS) is 15.4. The second-order valence-corrected chi connectivity index (χ2v) is 6.93. The Morgan fingerprint density at radius 1 is 1.14 bits per heavy atom. The molecule has 1 amide bonds. The summed E-state index contributed by atoms with van der Waals surface area (Å²) in [5.74, 6) is -0.910. The van der Waals surface area contributed by atoms with Gasteiger partial charge in [-0.15, -0.1) is 0 Å². The number of halogens is 2. The third-order valence-electron chi connectivity index (χ3n) is 4.37. The van der Waals surface area contributed by atoms with Gasteiger partial charge in [0.2, 0.25) is 0 Å². The highest BCUT2D eigenvalue weighted by Gasteiger charge is 2.38. The first-order valence-electron chi connectivity index (χ1n) is 8.32. The lowest BCUT2D eigenvalue weighted by atomic mass is 10.0. The van der Waals surface area contributed by atoms with Crippen molar-refractivity contribution in [3.8, 4) is 5.75 Å². The highest BCUT2D eigenvalue weighted by atomic mass is 79.9. The zero-order valence-electron chi connectivity index (χ0n) is 15.5. The first-order valence-corrected chi connectivity index (χ1v) is 9.11. The number of allylic oxidation sites excluding steroid dienone is 1. The van der Waals surface area contributed by atoms with E-state index in [9.17, 15) is 14.0 Å². The van der Waals surface area contributed by atoms with Crippen LogP contribution in [0.25, 0.3) is 6.08 Å². The van der Waals surface area contributed by atoms with Crippen LogP contribution in [0, 0.1) is 5.82 Å². The number of amides is 1. The monoisotopic (exact) mass is 445 g/mol. The molecule has 1 aliphatic heterocycles. The maximum Gasteiger partial charge on any atom is 0.340 e. The van der Waals surface area contributed by atoms with Crippen molar-refractivity contribution in [1.29, 1.82) is 0 Å². The molecule has 144 valence electrons. The predicted molar refractivity (Wildman–Crippen MR) is 107 cm³/mol. The second-order valence-electron chi connectivity index (χ2n) is 6.01. The van der Waals surface area contributed by atoms with Crippen LogP contribution >= 0.6 is 15.9 Å². The summed E-state index contributed by atoms with van der Waals surface area (Å²) in [6.07, 6.45) is 1.59. The van der Waals surface area contributed by atoms with E-state index in [2.05, 4.69) is 15.9 Å². The molecule has 1 aliphatic rings. The van der Waals surface area contributed by atoms with Gasteiger partial charge in [0.25, 0.3) is 5.91 Å². The molecule has 3 rings (SSSR count). The minimum Gasteiger partial charge on any atom is -0.496 e. The molecular weight excluding hydrogens is 429 g/mol. The van der Waals surface area contributed by atoms with Crippen LogP contribution in [0.5, 0.6) is 5.75 Å². The number of hydrogen-bond donors (Lipinski definition) is 0.